The molecule has 1 unspecified atom stereocenters. The molecule has 2 fully saturated rings. The minimum absolute atomic E-state index is 0.0237. The first-order valence-corrected chi connectivity index (χ1v) is 12.1. The number of amides is 1. The van der Waals surface area contributed by atoms with E-state index in [1.807, 2.05) is 47.5 Å². The number of aromatic nitrogens is 2. The molecule has 1 amide bonds. The second-order valence-corrected chi connectivity index (χ2v) is 8.97. The fraction of sp³-hybridized carbons (Fsp3) is 0.462. The van der Waals surface area contributed by atoms with Crippen LogP contribution in [0.2, 0.25) is 0 Å². The summed E-state index contributed by atoms with van der Waals surface area (Å²) in [6.07, 6.45) is 2.71. The van der Waals surface area contributed by atoms with Gasteiger partial charge in [0.25, 0.3) is 5.91 Å². The van der Waals surface area contributed by atoms with E-state index in [0.29, 0.717) is 38.5 Å². The van der Waals surface area contributed by atoms with Gasteiger partial charge >= 0.3 is 0 Å². The number of benzene rings is 2. The molecule has 180 valence electrons. The predicted molar refractivity (Wildman–Crippen MR) is 129 cm³/mol. The standard InChI is InChI=1S/C26H32N4O4/c31-26(22-4-1-5-23(16-22)34-14-9-29-7-11-32-12-8-29)30-10-13-33-19-20(18-30)15-21-3-2-6-25-24(21)17-27-28-25/h1-6,16-17,20H,7-15,18-19H2,(H,27,28). The monoisotopic (exact) mass is 464 g/mol. The third-order valence-corrected chi connectivity index (χ3v) is 6.57. The van der Waals surface area contributed by atoms with Crippen LogP contribution >= 0.6 is 0 Å². The molecular formula is C26H32N4O4. The Hall–Kier alpha value is -2.94. The number of morpholine rings is 1. The summed E-state index contributed by atoms with van der Waals surface area (Å²) in [7, 11) is 0. The predicted octanol–water partition coefficient (Wildman–Crippen LogP) is 2.61. The summed E-state index contributed by atoms with van der Waals surface area (Å²) in [6.45, 7) is 7.33. The minimum atomic E-state index is 0.0237. The van der Waals surface area contributed by atoms with Crippen LogP contribution in [0.4, 0.5) is 0 Å². The molecule has 0 spiro atoms. The number of aromatic amines is 1. The number of carbonyl (C=O) groups is 1. The van der Waals surface area contributed by atoms with Crippen LogP contribution in [0.3, 0.4) is 0 Å². The lowest BCUT2D eigenvalue weighted by Gasteiger charge is -2.26. The van der Waals surface area contributed by atoms with Crippen LogP contribution < -0.4 is 4.74 Å². The van der Waals surface area contributed by atoms with Crippen LogP contribution in [-0.2, 0) is 15.9 Å². The molecule has 1 N–H and O–H groups in total. The first-order valence-electron chi connectivity index (χ1n) is 12.1. The van der Waals surface area contributed by atoms with Crippen LogP contribution in [0.1, 0.15) is 15.9 Å². The Balaban J connectivity index is 1.21. The van der Waals surface area contributed by atoms with E-state index in [1.54, 1.807) is 0 Å². The molecule has 0 aliphatic carbocycles. The van der Waals surface area contributed by atoms with Gasteiger partial charge in [-0.15, -0.1) is 0 Å². The van der Waals surface area contributed by atoms with E-state index in [4.69, 9.17) is 14.2 Å². The highest BCUT2D eigenvalue weighted by molar-refractivity contribution is 5.94. The van der Waals surface area contributed by atoms with Gasteiger partial charge in [0.1, 0.15) is 12.4 Å². The van der Waals surface area contributed by atoms with Gasteiger partial charge in [0.05, 0.1) is 38.1 Å². The minimum Gasteiger partial charge on any atom is -0.492 e. The number of rotatable bonds is 7. The Morgan fingerprint density at radius 2 is 1.94 bits per heavy atom. The molecule has 2 aromatic carbocycles. The number of carbonyl (C=O) groups excluding carboxylic acids is 1. The maximum Gasteiger partial charge on any atom is 0.254 e. The van der Waals surface area contributed by atoms with E-state index in [9.17, 15) is 4.79 Å². The maximum atomic E-state index is 13.4. The van der Waals surface area contributed by atoms with Gasteiger partial charge in [-0.2, -0.15) is 5.10 Å². The maximum absolute atomic E-state index is 13.4. The summed E-state index contributed by atoms with van der Waals surface area (Å²) in [5, 5.41) is 8.33. The average Bonchev–Trinajstić information content (AvgIpc) is 3.24. The van der Waals surface area contributed by atoms with Crippen molar-refractivity contribution in [2.75, 3.05) is 65.8 Å². The van der Waals surface area contributed by atoms with Crippen molar-refractivity contribution in [2.45, 2.75) is 6.42 Å². The SMILES string of the molecule is O=C(c1cccc(OCCN2CCOCC2)c1)N1CCOCC(Cc2cccc3[nH]ncc23)C1. The Morgan fingerprint density at radius 1 is 1.09 bits per heavy atom. The Labute approximate surface area is 199 Å². The zero-order valence-corrected chi connectivity index (χ0v) is 19.4. The van der Waals surface area contributed by atoms with Gasteiger partial charge < -0.3 is 19.1 Å². The first kappa shape index (κ1) is 22.8. The number of hydrogen-bond donors (Lipinski definition) is 1. The molecule has 8 nitrogen and oxygen atoms in total. The van der Waals surface area contributed by atoms with Crippen molar-refractivity contribution in [3.05, 3.63) is 59.8 Å². The zero-order valence-electron chi connectivity index (χ0n) is 19.4. The fourth-order valence-corrected chi connectivity index (χ4v) is 4.73. The molecule has 0 radical (unpaired) electrons. The quantitative estimate of drug-likeness (QED) is 0.579. The Kier molecular flexibility index (Phi) is 7.38. The van der Waals surface area contributed by atoms with Gasteiger partial charge in [-0.25, -0.2) is 0 Å². The summed E-state index contributed by atoms with van der Waals surface area (Å²) in [6, 6.07) is 13.7. The molecule has 8 heteroatoms. The lowest BCUT2D eigenvalue weighted by Crippen LogP contribution is -2.38. The number of H-pyrrole nitrogens is 1. The van der Waals surface area contributed by atoms with Crippen molar-refractivity contribution in [2.24, 2.45) is 5.92 Å². The number of nitrogens with zero attached hydrogens (tertiary/aromatic N) is 3. The zero-order chi connectivity index (χ0) is 23.2. The number of fused-ring (bicyclic) bond motifs is 1. The lowest BCUT2D eigenvalue weighted by molar-refractivity contribution is 0.0322. The van der Waals surface area contributed by atoms with Crippen LogP contribution in [-0.4, -0.2) is 91.7 Å². The van der Waals surface area contributed by atoms with Crippen molar-refractivity contribution >= 4 is 16.8 Å². The molecular weight excluding hydrogens is 432 g/mol. The molecule has 3 aromatic rings. The second-order valence-electron chi connectivity index (χ2n) is 8.97. The largest absolute Gasteiger partial charge is 0.492 e. The fourth-order valence-electron chi connectivity index (χ4n) is 4.73. The topological polar surface area (TPSA) is 79.9 Å². The first-order chi connectivity index (χ1) is 16.8. The average molecular weight is 465 g/mol. The summed E-state index contributed by atoms with van der Waals surface area (Å²) < 4.78 is 17.2. The van der Waals surface area contributed by atoms with Gasteiger partial charge in [-0.3, -0.25) is 14.8 Å². The van der Waals surface area contributed by atoms with Gasteiger partial charge in [-0.05, 0) is 36.2 Å². The molecule has 5 rings (SSSR count). The number of ether oxygens (including phenoxy) is 3. The summed E-state index contributed by atoms with van der Waals surface area (Å²) in [4.78, 5) is 17.6. The van der Waals surface area contributed by atoms with E-state index in [1.165, 1.54) is 5.56 Å². The van der Waals surface area contributed by atoms with Gasteiger partial charge in [0, 0.05) is 49.6 Å². The molecule has 0 bridgehead atoms. The van der Waals surface area contributed by atoms with Gasteiger partial charge in [-0.1, -0.05) is 18.2 Å². The molecule has 34 heavy (non-hydrogen) atoms. The third-order valence-electron chi connectivity index (χ3n) is 6.57. The number of hydrogen-bond acceptors (Lipinski definition) is 6. The highest BCUT2D eigenvalue weighted by atomic mass is 16.5. The van der Waals surface area contributed by atoms with E-state index in [-0.39, 0.29) is 11.8 Å². The highest BCUT2D eigenvalue weighted by Crippen LogP contribution is 2.22. The molecule has 3 heterocycles. The van der Waals surface area contributed by atoms with Crippen molar-refractivity contribution in [3.63, 3.8) is 0 Å². The van der Waals surface area contributed by atoms with Crippen molar-refractivity contribution in [1.29, 1.82) is 0 Å². The summed E-state index contributed by atoms with van der Waals surface area (Å²) in [5.41, 5.74) is 2.91. The molecule has 0 saturated carbocycles. The van der Waals surface area contributed by atoms with Crippen molar-refractivity contribution in [3.8, 4) is 5.75 Å². The Bertz CT molecular complexity index is 1100. The van der Waals surface area contributed by atoms with Crippen LogP contribution in [0, 0.1) is 5.92 Å². The molecule has 1 aromatic heterocycles. The summed E-state index contributed by atoms with van der Waals surface area (Å²) in [5.74, 6) is 0.976. The molecule has 2 saturated heterocycles. The van der Waals surface area contributed by atoms with Crippen LogP contribution in [0.25, 0.3) is 10.9 Å². The van der Waals surface area contributed by atoms with Crippen LogP contribution in [0.5, 0.6) is 5.75 Å². The van der Waals surface area contributed by atoms with Crippen LogP contribution in [0.15, 0.2) is 48.7 Å². The van der Waals surface area contributed by atoms with Gasteiger partial charge in [0.15, 0.2) is 0 Å². The molecule has 1 atom stereocenters. The lowest BCUT2D eigenvalue weighted by atomic mass is 9.97. The van der Waals surface area contributed by atoms with Crippen molar-refractivity contribution < 1.29 is 19.0 Å². The van der Waals surface area contributed by atoms with Crippen molar-refractivity contribution in [1.82, 2.24) is 20.0 Å². The second kappa shape index (κ2) is 11.0. The smallest absolute Gasteiger partial charge is 0.254 e. The highest BCUT2D eigenvalue weighted by Gasteiger charge is 2.24. The number of nitrogens with one attached hydrogen (secondary N) is 1. The third kappa shape index (κ3) is 5.58. The van der Waals surface area contributed by atoms with E-state index in [2.05, 4.69) is 21.2 Å². The van der Waals surface area contributed by atoms with E-state index < -0.39 is 0 Å². The molecule has 2 aliphatic heterocycles. The van der Waals surface area contributed by atoms with E-state index in [0.717, 1.165) is 55.9 Å². The molecule has 2 aliphatic rings. The van der Waals surface area contributed by atoms with E-state index >= 15 is 0 Å². The Morgan fingerprint density at radius 3 is 2.85 bits per heavy atom. The summed E-state index contributed by atoms with van der Waals surface area (Å²) >= 11 is 0. The van der Waals surface area contributed by atoms with Gasteiger partial charge in [0.2, 0.25) is 0 Å². The normalized spacial score (nSPS) is 19.8.